The fraction of sp³-hybridized carbons (Fsp3) is 1.00. The van der Waals surface area contributed by atoms with Crippen molar-refractivity contribution in [2.75, 3.05) is 36.5 Å². The fourth-order valence-electron chi connectivity index (χ4n) is 1.70. The molecule has 0 amide bonds. The van der Waals surface area contributed by atoms with Crippen LogP contribution in [0, 0.1) is 5.92 Å². The molecule has 1 nitrogen and oxygen atoms in total. The second-order valence-electron chi connectivity index (χ2n) is 3.64. The van der Waals surface area contributed by atoms with Gasteiger partial charge >= 0.3 is 0 Å². The first-order valence-corrected chi connectivity index (χ1v) is 7.50. The van der Waals surface area contributed by atoms with Crippen molar-refractivity contribution in [1.29, 1.82) is 0 Å². The van der Waals surface area contributed by atoms with Crippen molar-refractivity contribution in [1.82, 2.24) is 4.90 Å². The number of rotatable bonds is 5. The zero-order chi connectivity index (χ0) is 9.52. The monoisotopic (exact) mass is 265 g/mol. The summed E-state index contributed by atoms with van der Waals surface area (Å²) in [5.41, 5.74) is 0. The van der Waals surface area contributed by atoms with Crippen LogP contribution in [0.25, 0.3) is 0 Å². The number of nitrogens with zero attached hydrogens (tertiary/aromatic N) is 1. The van der Waals surface area contributed by atoms with E-state index in [2.05, 4.69) is 39.5 Å². The smallest absolute Gasteiger partial charge is 0.00723 e. The highest BCUT2D eigenvalue weighted by molar-refractivity contribution is 9.09. The molecule has 0 bridgehead atoms. The number of hydrogen-bond acceptors (Lipinski definition) is 2. The molecular weight excluding hydrogens is 246 g/mol. The van der Waals surface area contributed by atoms with Gasteiger partial charge in [-0.3, -0.25) is 0 Å². The molecule has 0 atom stereocenters. The van der Waals surface area contributed by atoms with Crippen molar-refractivity contribution >= 4 is 27.7 Å². The Kier molecular flexibility index (Phi) is 6.51. The first kappa shape index (κ1) is 11.9. The third-order valence-corrected chi connectivity index (χ3v) is 4.48. The van der Waals surface area contributed by atoms with Crippen LogP contribution >= 0.6 is 27.7 Å². The summed E-state index contributed by atoms with van der Waals surface area (Å²) in [6, 6.07) is 0. The number of alkyl halides is 1. The van der Waals surface area contributed by atoms with Gasteiger partial charge in [0.25, 0.3) is 0 Å². The number of piperidine rings is 1. The molecule has 0 aromatic carbocycles. The van der Waals surface area contributed by atoms with Crippen LogP contribution in [0.5, 0.6) is 0 Å². The van der Waals surface area contributed by atoms with Gasteiger partial charge in [0.15, 0.2) is 0 Å². The van der Waals surface area contributed by atoms with Gasteiger partial charge in [0.05, 0.1) is 0 Å². The van der Waals surface area contributed by atoms with Gasteiger partial charge < -0.3 is 4.90 Å². The highest BCUT2D eigenvalue weighted by Crippen LogP contribution is 2.18. The lowest BCUT2D eigenvalue weighted by Crippen LogP contribution is -2.35. The summed E-state index contributed by atoms with van der Waals surface area (Å²) in [5.74, 6) is 3.52. The molecule has 78 valence electrons. The van der Waals surface area contributed by atoms with E-state index in [0.29, 0.717) is 0 Å². The largest absolute Gasteiger partial charge is 0.302 e. The maximum absolute atomic E-state index is 3.57. The van der Waals surface area contributed by atoms with Gasteiger partial charge in [-0.05, 0) is 37.6 Å². The van der Waals surface area contributed by atoms with Crippen LogP contribution in [0.2, 0.25) is 0 Å². The van der Waals surface area contributed by atoms with Crippen molar-refractivity contribution in [3.8, 4) is 0 Å². The Balaban J connectivity index is 2.03. The van der Waals surface area contributed by atoms with E-state index in [1.807, 2.05) is 0 Å². The molecule has 13 heavy (non-hydrogen) atoms. The van der Waals surface area contributed by atoms with Crippen LogP contribution in [0.1, 0.15) is 19.8 Å². The molecule has 0 spiro atoms. The predicted molar refractivity (Wildman–Crippen MR) is 66.0 cm³/mol. The lowest BCUT2D eigenvalue weighted by atomic mass is 9.99. The maximum Gasteiger partial charge on any atom is 0.00723 e. The van der Waals surface area contributed by atoms with Gasteiger partial charge in [0.2, 0.25) is 0 Å². The molecule has 0 saturated carbocycles. The summed E-state index contributed by atoms with van der Waals surface area (Å²) in [4.78, 5) is 2.61. The lowest BCUT2D eigenvalue weighted by molar-refractivity contribution is 0.205. The van der Waals surface area contributed by atoms with Gasteiger partial charge in [0, 0.05) is 17.6 Å². The van der Waals surface area contributed by atoms with Gasteiger partial charge in [-0.15, -0.1) is 0 Å². The Hall–Kier alpha value is 0.790. The van der Waals surface area contributed by atoms with Gasteiger partial charge in [0.1, 0.15) is 0 Å². The van der Waals surface area contributed by atoms with Crippen molar-refractivity contribution in [2.24, 2.45) is 5.92 Å². The molecule has 0 N–H and O–H groups in total. The fourth-order valence-corrected chi connectivity index (χ4v) is 3.03. The highest BCUT2D eigenvalue weighted by Gasteiger charge is 2.17. The van der Waals surface area contributed by atoms with Crippen LogP contribution in [-0.4, -0.2) is 41.4 Å². The molecule has 1 aliphatic rings. The predicted octanol–water partition coefficient (Wildman–Crippen LogP) is 2.85. The highest BCUT2D eigenvalue weighted by atomic mass is 79.9. The minimum Gasteiger partial charge on any atom is -0.302 e. The van der Waals surface area contributed by atoms with E-state index < -0.39 is 0 Å². The summed E-state index contributed by atoms with van der Waals surface area (Å²) in [6.07, 6.45) is 2.78. The van der Waals surface area contributed by atoms with Crippen LogP contribution in [0.4, 0.5) is 0 Å². The Morgan fingerprint density at radius 3 is 2.62 bits per heavy atom. The Morgan fingerprint density at radius 1 is 1.38 bits per heavy atom. The molecule has 0 unspecified atom stereocenters. The van der Waals surface area contributed by atoms with Crippen molar-refractivity contribution in [3.05, 3.63) is 0 Å². The average molecular weight is 266 g/mol. The summed E-state index contributed by atoms with van der Waals surface area (Å²) in [6.45, 7) is 6.18. The lowest BCUT2D eigenvalue weighted by Gasteiger charge is -2.30. The molecule has 1 rings (SSSR count). The van der Waals surface area contributed by atoms with E-state index in [0.717, 1.165) is 5.92 Å². The van der Waals surface area contributed by atoms with Crippen molar-refractivity contribution < 1.29 is 0 Å². The summed E-state index contributed by atoms with van der Waals surface area (Å²) in [5, 5.41) is 1.20. The van der Waals surface area contributed by atoms with E-state index in [1.54, 1.807) is 0 Å². The normalized spacial score (nSPS) is 20.8. The SMILES string of the molecule is CCSCCN1CCC(CBr)CC1. The standard InChI is InChI=1S/C10H20BrNS/c1-2-13-8-7-12-5-3-10(9-11)4-6-12/h10H,2-9H2,1H3. The third-order valence-electron chi connectivity index (χ3n) is 2.68. The van der Waals surface area contributed by atoms with Crippen molar-refractivity contribution in [2.45, 2.75) is 19.8 Å². The number of halogens is 1. The zero-order valence-corrected chi connectivity index (χ0v) is 10.9. The van der Waals surface area contributed by atoms with Gasteiger partial charge in [-0.1, -0.05) is 22.9 Å². The van der Waals surface area contributed by atoms with E-state index in [9.17, 15) is 0 Å². The number of thioether (sulfide) groups is 1. The maximum atomic E-state index is 3.57. The first-order valence-electron chi connectivity index (χ1n) is 5.23. The van der Waals surface area contributed by atoms with Crippen LogP contribution in [0.3, 0.4) is 0 Å². The first-order chi connectivity index (χ1) is 6.36. The molecule has 0 aromatic rings. The minimum absolute atomic E-state index is 0.940. The minimum atomic E-state index is 0.940. The molecule has 0 aliphatic carbocycles. The summed E-state index contributed by atoms with van der Waals surface area (Å²) >= 11 is 5.63. The number of hydrogen-bond donors (Lipinski definition) is 0. The Labute approximate surface area is 94.8 Å². The van der Waals surface area contributed by atoms with Crippen LogP contribution in [-0.2, 0) is 0 Å². The average Bonchev–Trinajstić information content (AvgIpc) is 2.19. The second kappa shape index (κ2) is 7.13. The van der Waals surface area contributed by atoms with E-state index in [-0.39, 0.29) is 0 Å². The van der Waals surface area contributed by atoms with E-state index in [4.69, 9.17) is 0 Å². The Bertz CT molecular complexity index is 121. The van der Waals surface area contributed by atoms with E-state index >= 15 is 0 Å². The topological polar surface area (TPSA) is 3.24 Å². The van der Waals surface area contributed by atoms with Crippen LogP contribution < -0.4 is 0 Å². The van der Waals surface area contributed by atoms with E-state index in [1.165, 1.54) is 49.3 Å². The molecule has 1 heterocycles. The van der Waals surface area contributed by atoms with Gasteiger partial charge in [-0.2, -0.15) is 11.8 Å². The molecule has 1 aliphatic heterocycles. The van der Waals surface area contributed by atoms with Gasteiger partial charge in [-0.25, -0.2) is 0 Å². The Morgan fingerprint density at radius 2 is 2.08 bits per heavy atom. The zero-order valence-electron chi connectivity index (χ0n) is 8.47. The molecular formula is C10H20BrNS. The molecule has 0 radical (unpaired) electrons. The van der Waals surface area contributed by atoms with Crippen molar-refractivity contribution in [3.63, 3.8) is 0 Å². The third kappa shape index (κ3) is 4.71. The second-order valence-corrected chi connectivity index (χ2v) is 5.68. The molecule has 1 saturated heterocycles. The molecule has 1 fully saturated rings. The van der Waals surface area contributed by atoms with Crippen LogP contribution in [0.15, 0.2) is 0 Å². The summed E-state index contributed by atoms with van der Waals surface area (Å²) < 4.78 is 0. The number of likely N-dealkylation sites (tertiary alicyclic amines) is 1. The molecule has 3 heteroatoms. The summed E-state index contributed by atoms with van der Waals surface area (Å²) in [7, 11) is 0. The molecule has 0 aromatic heterocycles. The quantitative estimate of drug-likeness (QED) is 0.556.